The lowest BCUT2D eigenvalue weighted by molar-refractivity contribution is -0.0830. The largest absolute Gasteiger partial charge is 0.385 e. The van der Waals surface area contributed by atoms with Crippen LogP contribution >= 0.6 is 0 Å². The van der Waals surface area contributed by atoms with Gasteiger partial charge in [-0.3, -0.25) is 0 Å². The molecule has 0 bridgehead atoms. The van der Waals surface area contributed by atoms with E-state index in [4.69, 9.17) is 0 Å². The fourth-order valence-electron chi connectivity index (χ4n) is 4.66. The standard InChI is InChI=1S/C25H26FNO/c1-2-22-24(19-11-7-4-8-12-19)27-23(18-9-5-3-6-10-18)17-25(22,28)20-13-15-21(26)16-14-20/h3-16,22-24,27-28H,2,17H2,1H3/t22-,23+,24+,25+/m0/s1. The molecule has 0 amide bonds. The maximum absolute atomic E-state index is 13.5. The van der Waals surface area contributed by atoms with Gasteiger partial charge >= 0.3 is 0 Å². The summed E-state index contributed by atoms with van der Waals surface area (Å²) >= 11 is 0. The molecular formula is C25H26FNO. The van der Waals surface area contributed by atoms with Crippen molar-refractivity contribution in [2.75, 3.05) is 0 Å². The van der Waals surface area contributed by atoms with Crippen molar-refractivity contribution in [1.29, 1.82) is 0 Å². The Balaban J connectivity index is 1.81. The molecule has 3 heteroatoms. The van der Waals surface area contributed by atoms with E-state index in [1.165, 1.54) is 12.1 Å². The van der Waals surface area contributed by atoms with E-state index in [9.17, 15) is 9.50 Å². The van der Waals surface area contributed by atoms with Gasteiger partial charge in [-0.1, -0.05) is 79.7 Å². The Hall–Kier alpha value is -2.49. The van der Waals surface area contributed by atoms with E-state index in [1.807, 2.05) is 36.4 Å². The van der Waals surface area contributed by atoms with E-state index >= 15 is 0 Å². The van der Waals surface area contributed by atoms with Crippen LogP contribution in [0.1, 0.15) is 48.5 Å². The van der Waals surface area contributed by atoms with Crippen molar-refractivity contribution in [2.45, 2.75) is 37.5 Å². The third-order valence-electron chi connectivity index (χ3n) is 6.06. The van der Waals surface area contributed by atoms with Crippen molar-refractivity contribution in [3.05, 3.63) is 107 Å². The van der Waals surface area contributed by atoms with E-state index in [0.29, 0.717) is 6.42 Å². The van der Waals surface area contributed by atoms with Crippen molar-refractivity contribution >= 4 is 0 Å². The highest BCUT2D eigenvalue weighted by Gasteiger charge is 2.48. The summed E-state index contributed by atoms with van der Waals surface area (Å²) in [4.78, 5) is 0. The number of nitrogens with one attached hydrogen (secondary N) is 1. The molecule has 4 atom stereocenters. The number of benzene rings is 3. The number of halogens is 1. The molecule has 0 unspecified atom stereocenters. The molecule has 0 saturated carbocycles. The zero-order chi connectivity index (χ0) is 19.6. The second kappa shape index (κ2) is 7.86. The second-order valence-corrected chi connectivity index (χ2v) is 7.67. The van der Waals surface area contributed by atoms with E-state index in [1.54, 1.807) is 12.1 Å². The number of hydrogen-bond acceptors (Lipinski definition) is 2. The lowest BCUT2D eigenvalue weighted by Gasteiger charge is -2.49. The summed E-state index contributed by atoms with van der Waals surface area (Å²) in [6.07, 6.45) is 1.35. The predicted octanol–water partition coefficient (Wildman–Crippen LogP) is 5.52. The fourth-order valence-corrected chi connectivity index (χ4v) is 4.66. The summed E-state index contributed by atoms with van der Waals surface area (Å²) in [5.41, 5.74) is 2.05. The van der Waals surface area contributed by atoms with Gasteiger partial charge in [-0.2, -0.15) is 0 Å². The average molecular weight is 375 g/mol. The van der Waals surface area contributed by atoms with Crippen LogP contribution in [0.25, 0.3) is 0 Å². The van der Waals surface area contributed by atoms with Crippen molar-refractivity contribution in [3.8, 4) is 0 Å². The highest BCUT2D eigenvalue weighted by atomic mass is 19.1. The predicted molar refractivity (Wildman–Crippen MR) is 110 cm³/mol. The van der Waals surface area contributed by atoms with E-state index < -0.39 is 5.60 Å². The number of rotatable bonds is 4. The van der Waals surface area contributed by atoms with Crippen molar-refractivity contribution in [3.63, 3.8) is 0 Å². The molecule has 2 nitrogen and oxygen atoms in total. The maximum atomic E-state index is 13.5. The normalized spacial score (nSPS) is 27.5. The third kappa shape index (κ3) is 3.48. The Morgan fingerprint density at radius 3 is 2.04 bits per heavy atom. The van der Waals surface area contributed by atoms with Gasteiger partial charge in [-0.05, 0) is 35.2 Å². The minimum absolute atomic E-state index is 0.000194. The molecule has 4 rings (SSSR count). The molecule has 0 aliphatic carbocycles. The molecule has 28 heavy (non-hydrogen) atoms. The van der Waals surface area contributed by atoms with Gasteiger partial charge in [0.2, 0.25) is 0 Å². The first-order valence-corrected chi connectivity index (χ1v) is 9.96. The summed E-state index contributed by atoms with van der Waals surface area (Å²) in [7, 11) is 0. The van der Waals surface area contributed by atoms with E-state index in [0.717, 1.165) is 23.1 Å². The monoisotopic (exact) mass is 375 g/mol. The van der Waals surface area contributed by atoms with Crippen molar-refractivity contribution in [1.82, 2.24) is 5.32 Å². The van der Waals surface area contributed by atoms with Crippen LogP contribution in [0.15, 0.2) is 84.9 Å². The molecule has 1 saturated heterocycles. The van der Waals surface area contributed by atoms with Gasteiger partial charge < -0.3 is 10.4 Å². The molecule has 0 spiro atoms. The molecule has 2 N–H and O–H groups in total. The minimum atomic E-state index is -1.05. The molecule has 144 valence electrons. The van der Waals surface area contributed by atoms with Crippen molar-refractivity contribution < 1.29 is 9.50 Å². The Kier molecular flexibility index (Phi) is 5.29. The summed E-state index contributed by atoms with van der Waals surface area (Å²) in [5.74, 6) is -0.311. The lowest BCUT2D eigenvalue weighted by Crippen LogP contribution is -2.51. The Bertz CT molecular complexity index is 897. The number of piperidine rings is 1. The second-order valence-electron chi connectivity index (χ2n) is 7.67. The van der Waals surface area contributed by atoms with Crippen LogP contribution < -0.4 is 5.32 Å². The summed E-state index contributed by atoms with van der Waals surface area (Å²) < 4.78 is 13.5. The third-order valence-corrected chi connectivity index (χ3v) is 6.06. The van der Waals surface area contributed by atoms with Crippen molar-refractivity contribution in [2.24, 2.45) is 5.92 Å². The fraction of sp³-hybridized carbons (Fsp3) is 0.280. The molecular weight excluding hydrogens is 349 g/mol. The Morgan fingerprint density at radius 2 is 1.46 bits per heavy atom. The van der Waals surface area contributed by atoms with Gasteiger partial charge in [-0.15, -0.1) is 0 Å². The van der Waals surface area contributed by atoms with Crippen LogP contribution in [-0.4, -0.2) is 5.11 Å². The summed E-state index contributed by atoms with van der Waals surface area (Å²) in [6, 6.07) is 26.9. The molecule has 0 aromatic heterocycles. The summed E-state index contributed by atoms with van der Waals surface area (Å²) in [6.45, 7) is 2.11. The van der Waals surface area contributed by atoms with E-state index in [2.05, 4.69) is 36.5 Å². The van der Waals surface area contributed by atoms with E-state index in [-0.39, 0.29) is 23.8 Å². The van der Waals surface area contributed by atoms with Crippen LogP contribution in [-0.2, 0) is 5.60 Å². The zero-order valence-corrected chi connectivity index (χ0v) is 16.1. The van der Waals surface area contributed by atoms with Crippen LogP contribution in [0, 0.1) is 11.7 Å². The molecule has 3 aromatic rings. The Morgan fingerprint density at radius 1 is 0.893 bits per heavy atom. The average Bonchev–Trinajstić information content (AvgIpc) is 2.75. The summed E-state index contributed by atoms with van der Waals surface area (Å²) in [5, 5.41) is 15.8. The first-order chi connectivity index (χ1) is 13.6. The molecule has 1 aliphatic rings. The van der Waals surface area contributed by atoms with Gasteiger partial charge in [-0.25, -0.2) is 4.39 Å². The minimum Gasteiger partial charge on any atom is -0.385 e. The van der Waals surface area contributed by atoms with Gasteiger partial charge in [0, 0.05) is 24.4 Å². The van der Waals surface area contributed by atoms with Gasteiger partial charge in [0.05, 0.1) is 5.60 Å². The molecule has 1 heterocycles. The van der Waals surface area contributed by atoms with Crippen LogP contribution in [0.2, 0.25) is 0 Å². The van der Waals surface area contributed by atoms with Crippen LogP contribution in [0.3, 0.4) is 0 Å². The quantitative estimate of drug-likeness (QED) is 0.630. The highest BCUT2D eigenvalue weighted by molar-refractivity contribution is 5.32. The van der Waals surface area contributed by atoms with Crippen LogP contribution in [0.5, 0.6) is 0 Å². The molecule has 1 fully saturated rings. The highest BCUT2D eigenvalue weighted by Crippen LogP contribution is 2.49. The number of aliphatic hydroxyl groups is 1. The topological polar surface area (TPSA) is 32.3 Å². The first kappa shape index (κ1) is 18.9. The zero-order valence-electron chi connectivity index (χ0n) is 16.1. The maximum Gasteiger partial charge on any atom is 0.123 e. The number of hydrogen-bond donors (Lipinski definition) is 2. The van der Waals surface area contributed by atoms with Crippen LogP contribution in [0.4, 0.5) is 4.39 Å². The first-order valence-electron chi connectivity index (χ1n) is 9.96. The SMILES string of the molecule is CC[C@H]1[C@@H](c2ccccc2)N[C@@H](c2ccccc2)C[C@@]1(O)c1ccc(F)cc1. The van der Waals surface area contributed by atoms with Gasteiger partial charge in [0.25, 0.3) is 0 Å². The lowest BCUT2D eigenvalue weighted by atomic mass is 9.67. The van der Waals surface area contributed by atoms with Gasteiger partial charge in [0.1, 0.15) is 5.82 Å². The smallest absolute Gasteiger partial charge is 0.123 e. The van der Waals surface area contributed by atoms with Gasteiger partial charge in [0.15, 0.2) is 0 Å². The molecule has 3 aromatic carbocycles. The molecule has 1 aliphatic heterocycles. The molecule has 0 radical (unpaired) electrons. The Labute approximate surface area is 166 Å².